The Bertz CT molecular complexity index is 258. The Morgan fingerprint density at radius 1 is 1.31 bits per heavy atom. The van der Waals surface area contributed by atoms with Gasteiger partial charge in [-0.1, -0.05) is 30.3 Å². The highest BCUT2D eigenvalue weighted by atomic mass is 35.5. The largest absolute Gasteiger partial charge is 0.153 e. The van der Waals surface area contributed by atoms with E-state index in [9.17, 15) is 0 Å². The second-order valence-corrected chi connectivity index (χ2v) is 5.20. The molecule has 0 fully saturated rings. The molecule has 0 bridgehead atoms. The molecule has 0 aromatic heterocycles. The first-order valence-electron chi connectivity index (χ1n) is 4.36. The lowest BCUT2D eigenvalue weighted by Crippen LogP contribution is -2.26. The second-order valence-electron chi connectivity index (χ2n) is 3.29. The smallest absolute Gasteiger partial charge is 0.0537 e. The SMILES string of the molecule is CS[C@](C)(c1ccccc1)[C@@H](C)Cl. The van der Waals surface area contributed by atoms with Crippen LogP contribution in [0.15, 0.2) is 30.3 Å². The maximum absolute atomic E-state index is 6.20. The van der Waals surface area contributed by atoms with Gasteiger partial charge in [0.1, 0.15) is 0 Å². The summed E-state index contributed by atoms with van der Waals surface area (Å²) in [5, 5.41) is 0.130. The molecule has 0 spiro atoms. The minimum atomic E-state index is 0.0167. The molecule has 13 heavy (non-hydrogen) atoms. The van der Waals surface area contributed by atoms with Gasteiger partial charge in [-0.3, -0.25) is 0 Å². The molecule has 1 aromatic rings. The van der Waals surface area contributed by atoms with E-state index in [0.717, 1.165) is 0 Å². The van der Waals surface area contributed by atoms with Gasteiger partial charge in [0, 0.05) is 5.38 Å². The molecule has 1 rings (SSSR count). The zero-order valence-corrected chi connectivity index (χ0v) is 9.82. The maximum atomic E-state index is 6.20. The van der Waals surface area contributed by atoms with E-state index in [4.69, 9.17) is 11.6 Å². The van der Waals surface area contributed by atoms with Crippen molar-refractivity contribution in [1.82, 2.24) is 0 Å². The Morgan fingerprint density at radius 3 is 2.23 bits per heavy atom. The molecular weight excluding hydrogens is 200 g/mol. The van der Waals surface area contributed by atoms with Crippen molar-refractivity contribution >= 4 is 23.4 Å². The lowest BCUT2D eigenvalue weighted by Gasteiger charge is -2.30. The number of halogens is 1. The highest BCUT2D eigenvalue weighted by molar-refractivity contribution is 7.99. The molecule has 2 heteroatoms. The van der Waals surface area contributed by atoms with Crippen molar-refractivity contribution in [3.8, 4) is 0 Å². The predicted molar refractivity (Wildman–Crippen MR) is 62.6 cm³/mol. The van der Waals surface area contributed by atoms with E-state index in [0.29, 0.717) is 0 Å². The number of rotatable bonds is 3. The van der Waals surface area contributed by atoms with Gasteiger partial charge in [0.15, 0.2) is 0 Å². The van der Waals surface area contributed by atoms with Crippen LogP contribution in [0.25, 0.3) is 0 Å². The van der Waals surface area contributed by atoms with Gasteiger partial charge in [0.2, 0.25) is 0 Å². The topological polar surface area (TPSA) is 0 Å². The van der Waals surface area contributed by atoms with E-state index in [1.165, 1.54) is 5.56 Å². The molecule has 0 aliphatic carbocycles. The number of hydrogen-bond acceptors (Lipinski definition) is 1. The summed E-state index contributed by atoms with van der Waals surface area (Å²) in [5.74, 6) is 0. The van der Waals surface area contributed by atoms with Gasteiger partial charge in [0.05, 0.1) is 4.75 Å². The summed E-state index contributed by atoms with van der Waals surface area (Å²) in [4.78, 5) is 0. The Kier molecular flexibility index (Phi) is 3.69. The van der Waals surface area contributed by atoms with Gasteiger partial charge < -0.3 is 0 Å². The number of alkyl halides is 1. The molecule has 0 amide bonds. The Labute approximate surface area is 89.7 Å². The fraction of sp³-hybridized carbons (Fsp3) is 0.455. The molecule has 0 nitrogen and oxygen atoms in total. The van der Waals surface area contributed by atoms with E-state index in [2.05, 4.69) is 37.4 Å². The summed E-state index contributed by atoms with van der Waals surface area (Å²) >= 11 is 8.00. The second kappa shape index (κ2) is 4.39. The van der Waals surface area contributed by atoms with E-state index < -0.39 is 0 Å². The summed E-state index contributed by atoms with van der Waals surface area (Å²) in [7, 11) is 0. The monoisotopic (exact) mass is 214 g/mol. The molecule has 0 aliphatic rings. The van der Waals surface area contributed by atoms with E-state index in [-0.39, 0.29) is 10.1 Å². The van der Waals surface area contributed by atoms with Crippen LogP contribution in [0.3, 0.4) is 0 Å². The lowest BCUT2D eigenvalue weighted by atomic mass is 9.97. The maximum Gasteiger partial charge on any atom is 0.0537 e. The van der Waals surface area contributed by atoms with Gasteiger partial charge in [-0.25, -0.2) is 0 Å². The van der Waals surface area contributed by atoms with E-state index in [1.54, 1.807) is 11.8 Å². The summed E-state index contributed by atoms with van der Waals surface area (Å²) in [6.07, 6.45) is 2.10. The summed E-state index contributed by atoms with van der Waals surface area (Å²) in [6.45, 7) is 4.23. The standard InChI is InChI=1S/C11H15ClS/c1-9(12)11(2,13-3)10-7-5-4-6-8-10/h4-9H,1-3H3/t9-,11+/m1/s1. The Morgan fingerprint density at radius 2 is 1.85 bits per heavy atom. The normalized spacial score (nSPS) is 17.8. The quantitative estimate of drug-likeness (QED) is 0.688. The van der Waals surface area contributed by atoms with Crippen molar-refractivity contribution in [2.24, 2.45) is 0 Å². The van der Waals surface area contributed by atoms with Gasteiger partial charge in [-0.15, -0.1) is 11.6 Å². The highest BCUT2D eigenvalue weighted by Crippen LogP contribution is 2.39. The third-order valence-electron chi connectivity index (χ3n) is 2.53. The van der Waals surface area contributed by atoms with E-state index in [1.807, 2.05) is 13.0 Å². The molecule has 0 saturated heterocycles. The van der Waals surface area contributed by atoms with Gasteiger partial charge >= 0.3 is 0 Å². The molecule has 0 unspecified atom stereocenters. The predicted octanol–water partition coefficient (Wildman–Crippen LogP) is 3.89. The minimum absolute atomic E-state index is 0.0167. The molecule has 1 aromatic carbocycles. The van der Waals surface area contributed by atoms with Crippen LogP contribution >= 0.6 is 23.4 Å². The number of hydrogen-bond donors (Lipinski definition) is 0. The molecular formula is C11H15ClS. The average Bonchev–Trinajstić information content (AvgIpc) is 2.17. The highest BCUT2D eigenvalue weighted by Gasteiger charge is 2.30. The van der Waals surface area contributed by atoms with Crippen molar-refractivity contribution in [2.75, 3.05) is 6.26 Å². The minimum Gasteiger partial charge on any atom is -0.153 e. The Balaban J connectivity index is 3.03. The number of thioether (sulfide) groups is 1. The molecule has 0 saturated carbocycles. The van der Waals surface area contributed by atoms with Crippen molar-refractivity contribution in [2.45, 2.75) is 24.0 Å². The molecule has 2 atom stereocenters. The zero-order chi connectivity index (χ0) is 9.90. The Hall–Kier alpha value is -0.140. The van der Waals surface area contributed by atoms with Crippen LogP contribution in [0.1, 0.15) is 19.4 Å². The first-order chi connectivity index (χ1) is 6.11. The van der Waals surface area contributed by atoms with Crippen LogP contribution in [-0.4, -0.2) is 11.6 Å². The summed E-state index contributed by atoms with van der Waals surface area (Å²) in [5.41, 5.74) is 1.30. The van der Waals surface area contributed by atoms with Crippen molar-refractivity contribution in [3.63, 3.8) is 0 Å². The molecule has 72 valence electrons. The first-order valence-corrected chi connectivity index (χ1v) is 6.02. The summed E-state index contributed by atoms with van der Waals surface area (Å²) < 4.78 is 0.0167. The molecule has 0 heterocycles. The third-order valence-corrected chi connectivity index (χ3v) is 4.53. The van der Waals surface area contributed by atoms with Crippen LogP contribution in [0, 0.1) is 0 Å². The van der Waals surface area contributed by atoms with Crippen LogP contribution in [0.2, 0.25) is 0 Å². The van der Waals surface area contributed by atoms with Gasteiger partial charge in [-0.05, 0) is 25.7 Å². The van der Waals surface area contributed by atoms with Crippen molar-refractivity contribution in [3.05, 3.63) is 35.9 Å². The zero-order valence-electron chi connectivity index (χ0n) is 8.25. The molecule has 0 N–H and O–H groups in total. The van der Waals surface area contributed by atoms with Crippen molar-refractivity contribution in [1.29, 1.82) is 0 Å². The van der Waals surface area contributed by atoms with Crippen LogP contribution in [0.4, 0.5) is 0 Å². The molecule has 0 aliphatic heterocycles. The van der Waals surface area contributed by atoms with Gasteiger partial charge in [0.25, 0.3) is 0 Å². The van der Waals surface area contributed by atoms with E-state index >= 15 is 0 Å². The fourth-order valence-corrected chi connectivity index (χ4v) is 2.37. The van der Waals surface area contributed by atoms with Crippen LogP contribution in [0.5, 0.6) is 0 Å². The third kappa shape index (κ3) is 2.21. The van der Waals surface area contributed by atoms with Gasteiger partial charge in [-0.2, -0.15) is 11.8 Å². The van der Waals surface area contributed by atoms with Crippen molar-refractivity contribution < 1.29 is 0 Å². The molecule has 0 radical (unpaired) electrons. The number of benzene rings is 1. The first kappa shape index (κ1) is 10.9. The van der Waals surface area contributed by atoms with Crippen LogP contribution < -0.4 is 0 Å². The average molecular weight is 215 g/mol. The fourth-order valence-electron chi connectivity index (χ4n) is 1.28. The van der Waals surface area contributed by atoms with Crippen LogP contribution in [-0.2, 0) is 4.75 Å². The lowest BCUT2D eigenvalue weighted by molar-refractivity contribution is 0.675. The summed E-state index contributed by atoms with van der Waals surface area (Å²) in [6, 6.07) is 10.4.